The number of likely N-dealkylation sites (N-methyl/N-ethyl adjacent to an activating group) is 1. The Bertz CT molecular complexity index is 697. The standard InChI is InChI=1S/C20H29Cl2N5/c1-2-26-19(24)18(22)12-25-20(26)27(13-15-5-3-4-6-17(15)21)16-9-7-14(11-23)8-10-16/h3-6,12,14,16,19H,2,7-11,13,23-24H2,1H3. The Kier molecular flexibility index (Phi) is 7.04. The maximum atomic E-state index is 6.46. The van der Waals surface area contributed by atoms with Gasteiger partial charge in [-0.2, -0.15) is 0 Å². The van der Waals surface area contributed by atoms with Crippen LogP contribution in [0.1, 0.15) is 38.2 Å². The van der Waals surface area contributed by atoms with Crippen molar-refractivity contribution in [1.82, 2.24) is 9.80 Å². The number of halogens is 2. The molecule has 5 nitrogen and oxygen atoms in total. The summed E-state index contributed by atoms with van der Waals surface area (Å²) in [5.74, 6) is 1.50. The SMILES string of the molecule is CCN1C(N(Cc2ccccc2Cl)C2CCC(CN)CC2)=NC=C(Cl)C1N. The third-order valence-electron chi connectivity index (χ3n) is 5.67. The lowest BCUT2D eigenvalue weighted by Gasteiger charge is -2.44. The average molecular weight is 410 g/mol. The highest BCUT2D eigenvalue weighted by Crippen LogP contribution is 2.31. The summed E-state index contributed by atoms with van der Waals surface area (Å²) in [6.45, 7) is 4.28. The lowest BCUT2D eigenvalue weighted by atomic mass is 9.85. The van der Waals surface area contributed by atoms with Gasteiger partial charge in [0.1, 0.15) is 6.17 Å². The van der Waals surface area contributed by atoms with Crippen molar-refractivity contribution in [3.05, 3.63) is 46.1 Å². The fraction of sp³-hybridized carbons (Fsp3) is 0.550. The first kappa shape index (κ1) is 20.5. The number of nitrogens with two attached hydrogens (primary N) is 2. The van der Waals surface area contributed by atoms with Gasteiger partial charge in [0.15, 0.2) is 0 Å². The van der Waals surface area contributed by atoms with Gasteiger partial charge in [-0.3, -0.25) is 0 Å². The smallest absolute Gasteiger partial charge is 0.203 e. The predicted molar refractivity (Wildman–Crippen MR) is 114 cm³/mol. The maximum Gasteiger partial charge on any atom is 0.203 e. The van der Waals surface area contributed by atoms with E-state index in [4.69, 9.17) is 34.7 Å². The molecule has 0 spiro atoms. The molecule has 1 fully saturated rings. The molecule has 1 unspecified atom stereocenters. The Morgan fingerprint density at radius 1 is 1.19 bits per heavy atom. The first-order valence-electron chi connectivity index (χ1n) is 9.70. The summed E-state index contributed by atoms with van der Waals surface area (Å²) in [5.41, 5.74) is 13.3. The topological polar surface area (TPSA) is 70.9 Å². The van der Waals surface area contributed by atoms with E-state index in [0.29, 0.717) is 23.5 Å². The number of hydrogen-bond acceptors (Lipinski definition) is 5. The van der Waals surface area contributed by atoms with Crippen molar-refractivity contribution < 1.29 is 0 Å². The number of aliphatic imine (C=N–C) groups is 1. The monoisotopic (exact) mass is 409 g/mol. The molecule has 4 N–H and O–H groups in total. The van der Waals surface area contributed by atoms with Crippen LogP contribution in [-0.2, 0) is 6.54 Å². The van der Waals surface area contributed by atoms with E-state index < -0.39 is 0 Å². The number of benzene rings is 1. The van der Waals surface area contributed by atoms with Gasteiger partial charge in [-0.05, 0) is 56.7 Å². The van der Waals surface area contributed by atoms with E-state index in [9.17, 15) is 0 Å². The van der Waals surface area contributed by atoms with E-state index in [2.05, 4.69) is 27.8 Å². The van der Waals surface area contributed by atoms with E-state index in [-0.39, 0.29) is 6.17 Å². The van der Waals surface area contributed by atoms with Crippen LogP contribution in [0.3, 0.4) is 0 Å². The Labute approximate surface area is 172 Å². The first-order chi connectivity index (χ1) is 13.0. The maximum absolute atomic E-state index is 6.46. The van der Waals surface area contributed by atoms with Gasteiger partial charge in [-0.15, -0.1) is 0 Å². The van der Waals surface area contributed by atoms with Crippen LogP contribution in [0.2, 0.25) is 5.02 Å². The Morgan fingerprint density at radius 2 is 1.89 bits per heavy atom. The van der Waals surface area contributed by atoms with Gasteiger partial charge >= 0.3 is 0 Å². The normalized spacial score (nSPS) is 25.8. The summed E-state index contributed by atoms with van der Waals surface area (Å²) >= 11 is 12.7. The van der Waals surface area contributed by atoms with E-state index >= 15 is 0 Å². The van der Waals surface area contributed by atoms with Gasteiger partial charge in [0.05, 0.1) is 5.03 Å². The third kappa shape index (κ3) is 4.60. The quantitative estimate of drug-likeness (QED) is 0.776. The molecular weight excluding hydrogens is 381 g/mol. The molecule has 1 aliphatic carbocycles. The number of rotatable bonds is 5. The van der Waals surface area contributed by atoms with Gasteiger partial charge in [-0.25, -0.2) is 4.99 Å². The predicted octanol–water partition coefficient (Wildman–Crippen LogP) is 3.72. The van der Waals surface area contributed by atoms with Crippen LogP contribution < -0.4 is 11.5 Å². The second-order valence-corrected chi connectivity index (χ2v) is 8.15. The van der Waals surface area contributed by atoms with Crippen LogP contribution >= 0.6 is 23.2 Å². The van der Waals surface area contributed by atoms with E-state index in [1.807, 2.05) is 18.2 Å². The average Bonchev–Trinajstić information content (AvgIpc) is 2.70. The molecule has 2 aliphatic rings. The van der Waals surface area contributed by atoms with Crippen LogP contribution in [-0.4, -0.2) is 41.1 Å². The summed E-state index contributed by atoms with van der Waals surface area (Å²) in [6.07, 6.45) is 5.78. The minimum atomic E-state index is -0.363. The van der Waals surface area contributed by atoms with E-state index in [1.54, 1.807) is 6.20 Å². The molecule has 0 radical (unpaired) electrons. The van der Waals surface area contributed by atoms with E-state index in [0.717, 1.165) is 55.3 Å². The fourth-order valence-electron chi connectivity index (χ4n) is 3.99. The van der Waals surface area contributed by atoms with Crippen molar-refractivity contribution in [3.8, 4) is 0 Å². The third-order valence-corrected chi connectivity index (χ3v) is 6.35. The number of hydrogen-bond donors (Lipinski definition) is 2. The molecule has 1 heterocycles. The Hall–Kier alpha value is -1.27. The van der Waals surface area contributed by atoms with Gasteiger partial charge < -0.3 is 21.3 Å². The van der Waals surface area contributed by atoms with Crippen LogP contribution in [0, 0.1) is 5.92 Å². The molecule has 0 amide bonds. The van der Waals surface area contributed by atoms with Gasteiger partial charge in [0, 0.05) is 30.4 Å². The summed E-state index contributed by atoms with van der Waals surface area (Å²) < 4.78 is 0. The van der Waals surface area contributed by atoms with Gasteiger partial charge in [0.2, 0.25) is 5.96 Å². The highest BCUT2D eigenvalue weighted by atomic mass is 35.5. The van der Waals surface area contributed by atoms with Crippen LogP contribution in [0.5, 0.6) is 0 Å². The molecule has 27 heavy (non-hydrogen) atoms. The van der Waals surface area contributed by atoms with Crippen molar-refractivity contribution in [2.45, 2.75) is 51.4 Å². The molecular formula is C20H29Cl2N5. The number of nitrogens with zero attached hydrogens (tertiary/aromatic N) is 3. The molecule has 1 atom stereocenters. The van der Waals surface area contributed by atoms with Crippen molar-refractivity contribution in [1.29, 1.82) is 0 Å². The Morgan fingerprint density at radius 3 is 2.52 bits per heavy atom. The molecule has 0 bridgehead atoms. The summed E-state index contributed by atoms with van der Waals surface area (Å²) in [4.78, 5) is 9.10. The second kappa shape index (κ2) is 9.28. The van der Waals surface area contributed by atoms with Crippen LogP contribution in [0.15, 0.2) is 40.5 Å². The van der Waals surface area contributed by atoms with Crippen LogP contribution in [0.4, 0.5) is 0 Å². The molecule has 0 saturated heterocycles. The molecule has 1 aromatic rings. The molecule has 1 aromatic carbocycles. The fourth-order valence-corrected chi connectivity index (χ4v) is 4.35. The molecule has 1 aliphatic heterocycles. The highest BCUT2D eigenvalue weighted by molar-refractivity contribution is 6.31. The lowest BCUT2D eigenvalue weighted by Crippen LogP contribution is -2.56. The zero-order chi connectivity index (χ0) is 19.4. The molecule has 148 valence electrons. The van der Waals surface area contributed by atoms with Crippen molar-refractivity contribution in [3.63, 3.8) is 0 Å². The molecule has 1 saturated carbocycles. The second-order valence-electron chi connectivity index (χ2n) is 7.30. The van der Waals surface area contributed by atoms with Crippen molar-refractivity contribution >= 4 is 29.2 Å². The molecule has 0 aromatic heterocycles. The highest BCUT2D eigenvalue weighted by Gasteiger charge is 2.33. The zero-order valence-electron chi connectivity index (χ0n) is 15.8. The summed E-state index contributed by atoms with van der Waals surface area (Å²) in [6, 6.07) is 8.37. The summed E-state index contributed by atoms with van der Waals surface area (Å²) in [5, 5.41) is 1.33. The minimum absolute atomic E-state index is 0.363. The van der Waals surface area contributed by atoms with Crippen LogP contribution in [0.25, 0.3) is 0 Å². The van der Waals surface area contributed by atoms with Crippen molar-refractivity contribution in [2.75, 3.05) is 13.1 Å². The first-order valence-corrected chi connectivity index (χ1v) is 10.5. The molecule has 3 rings (SSSR count). The largest absolute Gasteiger partial charge is 0.335 e. The lowest BCUT2D eigenvalue weighted by molar-refractivity contribution is 0.175. The van der Waals surface area contributed by atoms with Gasteiger partial charge in [0.25, 0.3) is 0 Å². The van der Waals surface area contributed by atoms with E-state index in [1.165, 1.54) is 0 Å². The minimum Gasteiger partial charge on any atom is -0.335 e. The zero-order valence-corrected chi connectivity index (χ0v) is 17.3. The Balaban J connectivity index is 1.91. The summed E-state index contributed by atoms with van der Waals surface area (Å²) in [7, 11) is 0. The van der Waals surface area contributed by atoms with Gasteiger partial charge in [-0.1, -0.05) is 41.4 Å². The molecule has 7 heteroatoms. The number of guanidine groups is 1. The van der Waals surface area contributed by atoms with Crippen molar-refractivity contribution in [2.24, 2.45) is 22.4 Å².